The molecule has 24 nitrogen and oxygen atoms in total. The van der Waals surface area contributed by atoms with E-state index in [9.17, 15) is 52.6 Å². The summed E-state index contributed by atoms with van der Waals surface area (Å²) in [4.78, 5) is 52.9. The van der Waals surface area contributed by atoms with Crippen molar-refractivity contribution in [1.82, 2.24) is 5.32 Å². The molecular formula is C33H64NO23P5. The fraction of sp³-hybridized carbons (Fsp3) is 1.00. The molecule has 5 fully saturated rings. The first-order valence-corrected chi connectivity index (χ1v) is 28.4. The van der Waals surface area contributed by atoms with Crippen molar-refractivity contribution < 1.29 is 115 Å². The number of methoxy groups -OCH3 is 1. The number of rotatable bonds is 28. The number of aliphatic hydroxyl groups is 2. The fourth-order valence-electron chi connectivity index (χ4n) is 7.44. The molecule has 364 valence electrons. The Kier molecular flexibility index (Phi) is 18.3. The Balaban J connectivity index is 1.15. The predicted molar refractivity (Wildman–Crippen MR) is 216 cm³/mol. The van der Waals surface area contributed by atoms with Gasteiger partial charge in [0.25, 0.3) is 0 Å². The van der Waals surface area contributed by atoms with E-state index in [1.54, 1.807) is 0 Å². The lowest BCUT2D eigenvalue weighted by molar-refractivity contribution is -0.0741. The first-order valence-electron chi connectivity index (χ1n) is 22.9. The number of aliphatic hydroxyl groups excluding tert-OH is 2. The average molecular weight is 1010 g/mol. The van der Waals surface area contributed by atoms with Gasteiger partial charge in [0.2, 0.25) is 0 Å². The second kappa shape index (κ2) is 24.6. The normalized spacial score (nSPS) is 42.5. The van der Waals surface area contributed by atoms with Crippen molar-refractivity contribution in [1.29, 1.82) is 0 Å². The van der Waals surface area contributed by atoms with Crippen LogP contribution in [0.15, 0.2) is 0 Å². The minimum Gasteiger partial charge on any atom is -0.396 e. The van der Waals surface area contributed by atoms with E-state index in [0.29, 0.717) is 25.8 Å². The number of nitrogens with one attached hydrogen (secondary N) is 1. The van der Waals surface area contributed by atoms with Gasteiger partial charge in [-0.3, -0.25) is 28.1 Å². The van der Waals surface area contributed by atoms with Gasteiger partial charge in [-0.2, -0.15) is 0 Å². The van der Waals surface area contributed by atoms with Crippen LogP contribution < -0.4 is 5.32 Å². The maximum absolute atomic E-state index is 13.6. The van der Waals surface area contributed by atoms with Gasteiger partial charge in [-0.05, 0) is 19.4 Å². The van der Waals surface area contributed by atoms with Gasteiger partial charge in [0.05, 0.1) is 86.4 Å². The first-order chi connectivity index (χ1) is 31.3. The zero-order valence-electron chi connectivity index (χ0n) is 38.9. The van der Waals surface area contributed by atoms with Crippen LogP contribution in [0.5, 0.6) is 0 Å². The molecule has 21 atom stereocenters. The molecule has 29 heteroatoms. The minimum atomic E-state index is -4.86. The smallest absolute Gasteiger partial charge is 0.331 e. The molecule has 0 amide bonds. The summed E-state index contributed by atoms with van der Waals surface area (Å²) >= 11 is 0. The molecule has 5 heterocycles. The Morgan fingerprint density at radius 3 is 1.40 bits per heavy atom. The standard InChI is InChI=1S/C33H64NO23P5/c1-47-33(34-10-3-2-4-22(16-35)17-36)32-27(9-15-52-32)57-62(45,46)21-31-26(8-14-51-31)56-61(43,44)20-30-25(7-13-50-30)55-60(41,42)19-29-24(6-12-49-29)54-59(39,40)18-28-23(5-11-48-28)53-58(37)38/h22-36,58H,2-21H2,1H3,(H,37,38)(H,39,40)(H,41,42)(H,43,44)(H,45,46)/i11T,12T,13T,14T,15T. The van der Waals surface area contributed by atoms with Crippen LogP contribution in [-0.2, 0) is 73.9 Å². The maximum atomic E-state index is 13.6. The molecule has 0 spiro atoms. The maximum Gasteiger partial charge on any atom is 0.331 e. The van der Waals surface area contributed by atoms with Crippen LogP contribution in [0.25, 0.3) is 0 Å². The van der Waals surface area contributed by atoms with Crippen molar-refractivity contribution in [2.45, 2.75) is 119 Å². The lowest BCUT2D eigenvalue weighted by Crippen LogP contribution is -2.47. The fourth-order valence-corrected chi connectivity index (χ4v) is 14.0. The first kappa shape index (κ1) is 46.1. The predicted octanol–water partition coefficient (Wildman–Crippen LogP) is 1.31. The molecule has 0 saturated carbocycles. The molecule has 21 unspecified atom stereocenters. The molecule has 8 N–H and O–H groups in total. The second-order valence-electron chi connectivity index (χ2n) is 15.4. The number of unbranched alkanes of at least 4 members (excludes halogenated alkanes) is 1. The number of hydrogen-bond donors (Lipinski definition) is 8. The van der Waals surface area contributed by atoms with Crippen LogP contribution in [0.3, 0.4) is 0 Å². The van der Waals surface area contributed by atoms with Crippen molar-refractivity contribution in [2.24, 2.45) is 5.92 Å². The third kappa shape index (κ3) is 16.9. The van der Waals surface area contributed by atoms with Crippen LogP contribution >= 0.6 is 38.6 Å². The van der Waals surface area contributed by atoms with E-state index in [4.69, 9.17) is 62.8 Å². The SMILES string of the molecule is [3H]C1CC(O[PH](=O)O)C(CP(=O)(O)OC2CC([3H])OC2CP(=O)(O)OC2CC([3H])OC2CP(=O)(O)OC2CC([3H])OC2CP(=O)(O)OC2CC([3H])OC2C(NCCCCC(CO)CO)OC)O1. The highest BCUT2D eigenvalue weighted by Crippen LogP contribution is 2.55. The number of hydrogen-bond acceptors (Lipinski definition) is 19. The van der Waals surface area contributed by atoms with Crippen molar-refractivity contribution >= 4 is 38.6 Å². The van der Waals surface area contributed by atoms with E-state index >= 15 is 0 Å². The molecule has 5 aliphatic rings. The molecule has 0 aromatic heterocycles. The molecule has 0 aromatic carbocycles. The van der Waals surface area contributed by atoms with Crippen LogP contribution in [-0.4, -0.2) is 186 Å². The molecule has 0 aliphatic carbocycles. The minimum absolute atomic E-state index is 0.121. The molecule has 0 bridgehead atoms. The average Bonchev–Trinajstić information content (AvgIpc) is 3.99. The van der Waals surface area contributed by atoms with Gasteiger partial charge in [-0.1, -0.05) is 6.42 Å². The molecule has 0 radical (unpaired) electrons. The molecular weight excluding hydrogens is 933 g/mol. The van der Waals surface area contributed by atoms with E-state index in [-0.39, 0.29) is 51.2 Å². The van der Waals surface area contributed by atoms with Crippen molar-refractivity contribution in [2.75, 3.05) is 84.4 Å². The largest absolute Gasteiger partial charge is 0.396 e. The number of ether oxygens (including phenoxy) is 6. The van der Waals surface area contributed by atoms with Gasteiger partial charge in [-0.25, -0.2) is 0 Å². The second-order valence-corrected chi connectivity index (χ2v) is 23.6. The van der Waals surface area contributed by atoms with Gasteiger partial charge in [0.1, 0.15) is 12.3 Å². The molecule has 62 heavy (non-hydrogen) atoms. The molecule has 5 saturated heterocycles. The Bertz CT molecular complexity index is 1810. The van der Waals surface area contributed by atoms with E-state index in [1.807, 2.05) is 0 Å². The third-order valence-corrected chi connectivity index (χ3v) is 16.7. The van der Waals surface area contributed by atoms with Crippen LogP contribution in [0, 0.1) is 5.92 Å². The topological polar surface area (TPSA) is 341 Å². The Hall–Kier alpha value is 0.390. The summed E-state index contributed by atoms with van der Waals surface area (Å²) in [5.74, 6) is -0.244. The van der Waals surface area contributed by atoms with E-state index in [0.717, 1.165) is 0 Å². The zero-order chi connectivity index (χ0) is 49.5. The Morgan fingerprint density at radius 1 is 0.629 bits per heavy atom. The highest BCUT2D eigenvalue weighted by atomic mass is 31.2. The quantitative estimate of drug-likeness (QED) is 0.0311. The lowest BCUT2D eigenvalue weighted by Gasteiger charge is -2.30. The summed E-state index contributed by atoms with van der Waals surface area (Å²) in [6.45, 7) is -6.39. The zero-order valence-corrected chi connectivity index (χ0v) is 38.5. The summed E-state index contributed by atoms with van der Waals surface area (Å²) in [5.41, 5.74) is 0. The van der Waals surface area contributed by atoms with Crippen molar-refractivity contribution in [3.8, 4) is 0 Å². The van der Waals surface area contributed by atoms with Gasteiger partial charge in [-0.15, -0.1) is 0 Å². The van der Waals surface area contributed by atoms with Gasteiger partial charge < -0.3 is 85.7 Å². The summed E-state index contributed by atoms with van der Waals surface area (Å²) < 4.78 is 165. The summed E-state index contributed by atoms with van der Waals surface area (Å²) in [7, 11) is -21.2. The van der Waals surface area contributed by atoms with E-state index < -0.39 is 163 Å². The van der Waals surface area contributed by atoms with Gasteiger partial charge in [0, 0.05) is 91.3 Å². The highest BCUT2D eigenvalue weighted by Gasteiger charge is 2.48. The third-order valence-electron chi connectivity index (χ3n) is 10.6. The van der Waals surface area contributed by atoms with Crippen LogP contribution in [0.1, 0.15) is 58.2 Å². The lowest BCUT2D eigenvalue weighted by atomic mass is 10.0. The Morgan fingerprint density at radius 2 is 1.00 bits per heavy atom. The van der Waals surface area contributed by atoms with Crippen LogP contribution in [0.4, 0.5) is 0 Å². The summed E-state index contributed by atoms with van der Waals surface area (Å²) in [6.07, 6.45) is -17.1. The summed E-state index contributed by atoms with van der Waals surface area (Å²) in [5, 5.41) is 21.7. The summed E-state index contributed by atoms with van der Waals surface area (Å²) in [6, 6.07) is 0. The van der Waals surface area contributed by atoms with Gasteiger partial charge in [0.15, 0.2) is 0 Å². The molecule has 5 aliphatic heterocycles. The van der Waals surface area contributed by atoms with Crippen LogP contribution in [0.2, 0.25) is 0 Å². The highest BCUT2D eigenvalue weighted by molar-refractivity contribution is 7.54. The van der Waals surface area contributed by atoms with Crippen molar-refractivity contribution in [3.63, 3.8) is 0 Å². The monoisotopic (exact) mass is 1010 g/mol. The van der Waals surface area contributed by atoms with Gasteiger partial charge >= 0.3 is 38.6 Å². The molecule has 0 aromatic rings. The van der Waals surface area contributed by atoms with E-state index in [2.05, 4.69) is 5.32 Å². The molecule has 5 rings (SSSR count). The Labute approximate surface area is 368 Å². The van der Waals surface area contributed by atoms with E-state index in [1.165, 1.54) is 7.11 Å². The van der Waals surface area contributed by atoms with Crippen molar-refractivity contribution in [3.05, 3.63) is 0 Å².